The van der Waals surface area contributed by atoms with Crippen LogP contribution < -0.4 is 5.32 Å². The van der Waals surface area contributed by atoms with Gasteiger partial charge in [-0.15, -0.1) is 11.3 Å². The van der Waals surface area contributed by atoms with Crippen LogP contribution in [0.5, 0.6) is 0 Å². The number of rotatable bonds is 5. The fourth-order valence-electron chi connectivity index (χ4n) is 3.26. The first-order chi connectivity index (χ1) is 9.93. The first kappa shape index (κ1) is 17.3. The SMILES string of the molecule is CCC(C)C1CN(C(C)c2ccc(Cl)s2)C(C(C)C)CN1. The summed E-state index contributed by atoms with van der Waals surface area (Å²) in [6.07, 6.45) is 1.23. The molecule has 0 radical (unpaired) electrons. The Hall–Kier alpha value is -0.0900. The summed E-state index contributed by atoms with van der Waals surface area (Å²) in [4.78, 5) is 4.08. The van der Waals surface area contributed by atoms with Crippen LogP contribution in [-0.4, -0.2) is 30.1 Å². The molecule has 1 aliphatic rings. The first-order valence-corrected chi connectivity index (χ1v) is 9.37. The molecule has 1 fully saturated rings. The molecule has 0 amide bonds. The minimum Gasteiger partial charge on any atom is -0.311 e. The van der Waals surface area contributed by atoms with Crippen molar-refractivity contribution in [1.29, 1.82) is 0 Å². The lowest BCUT2D eigenvalue weighted by molar-refractivity contribution is 0.0500. The molecular formula is C17H29ClN2S. The zero-order chi connectivity index (χ0) is 15.6. The highest BCUT2D eigenvalue weighted by molar-refractivity contribution is 7.16. The van der Waals surface area contributed by atoms with E-state index in [2.05, 4.69) is 50.9 Å². The first-order valence-electron chi connectivity index (χ1n) is 8.18. The molecular weight excluding hydrogens is 300 g/mol. The molecule has 2 rings (SSSR count). The molecule has 1 aliphatic heterocycles. The average Bonchev–Trinajstić information content (AvgIpc) is 2.91. The Morgan fingerprint density at radius 1 is 1.33 bits per heavy atom. The normalized spacial score (nSPS) is 27.0. The molecule has 0 spiro atoms. The molecule has 21 heavy (non-hydrogen) atoms. The fourth-order valence-corrected chi connectivity index (χ4v) is 4.40. The van der Waals surface area contributed by atoms with Gasteiger partial charge in [-0.3, -0.25) is 4.90 Å². The van der Waals surface area contributed by atoms with Gasteiger partial charge in [-0.25, -0.2) is 0 Å². The molecule has 1 aromatic heterocycles. The van der Waals surface area contributed by atoms with Crippen LogP contribution in [0.25, 0.3) is 0 Å². The van der Waals surface area contributed by atoms with E-state index in [0.717, 1.165) is 23.3 Å². The molecule has 0 aliphatic carbocycles. The highest BCUT2D eigenvalue weighted by Gasteiger charge is 2.35. The highest BCUT2D eigenvalue weighted by atomic mass is 35.5. The fraction of sp³-hybridized carbons (Fsp3) is 0.765. The predicted molar refractivity (Wildman–Crippen MR) is 94.3 cm³/mol. The van der Waals surface area contributed by atoms with Crippen LogP contribution in [0.2, 0.25) is 4.34 Å². The Balaban J connectivity index is 2.17. The maximum Gasteiger partial charge on any atom is 0.0931 e. The topological polar surface area (TPSA) is 15.3 Å². The highest BCUT2D eigenvalue weighted by Crippen LogP contribution is 2.34. The molecule has 0 saturated carbocycles. The monoisotopic (exact) mass is 328 g/mol. The largest absolute Gasteiger partial charge is 0.311 e. The predicted octanol–water partition coefficient (Wildman–Crippen LogP) is 4.81. The number of thiophene rings is 1. The van der Waals surface area contributed by atoms with E-state index < -0.39 is 0 Å². The van der Waals surface area contributed by atoms with Crippen LogP contribution in [0.15, 0.2) is 12.1 Å². The van der Waals surface area contributed by atoms with Crippen molar-refractivity contribution in [3.05, 3.63) is 21.3 Å². The zero-order valence-electron chi connectivity index (χ0n) is 13.9. The molecule has 0 bridgehead atoms. The summed E-state index contributed by atoms with van der Waals surface area (Å²) in [5, 5.41) is 3.78. The Morgan fingerprint density at radius 3 is 2.57 bits per heavy atom. The van der Waals surface area contributed by atoms with E-state index in [4.69, 9.17) is 11.6 Å². The van der Waals surface area contributed by atoms with Crippen LogP contribution in [0.3, 0.4) is 0 Å². The van der Waals surface area contributed by atoms with E-state index in [1.54, 1.807) is 11.3 Å². The van der Waals surface area contributed by atoms with Crippen molar-refractivity contribution in [2.75, 3.05) is 13.1 Å². The molecule has 120 valence electrons. The lowest BCUT2D eigenvalue weighted by atomic mass is 9.91. The van der Waals surface area contributed by atoms with Gasteiger partial charge in [0.2, 0.25) is 0 Å². The number of hydrogen-bond donors (Lipinski definition) is 1. The van der Waals surface area contributed by atoms with Crippen molar-refractivity contribution in [3.8, 4) is 0 Å². The summed E-state index contributed by atoms with van der Waals surface area (Å²) in [7, 11) is 0. The van der Waals surface area contributed by atoms with Crippen LogP contribution >= 0.6 is 22.9 Å². The molecule has 4 unspecified atom stereocenters. The maximum absolute atomic E-state index is 6.13. The standard InChI is InChI=1S/C17H29ClN2S/c1-6-12(4)14-10-20(15(9-19-14)11(2)3)13(5)16-7-8-17(18)21-16/h7-8,11-15,19H,6,9-10H2,1-5H3. The zero-order valence-corrected chi connectivity index (χ0v) is 15.5. The minimum absolute atomic E-state index is 0.448. The van der Waals surface area contributed by atoms with Gasteiger partial charge in [0.05, 0.1) is 4.34 Å². The van der Waals surface area contributed by atoms with Crippen molar-refractivity contribution >= 4 is 22.9 Å². The summed E-state index contributed by atoms with van der Waals surface area (Å²) >= 11 is 7.85. The molecule has 4 heteroatoms. The van der Waals surface area contributed by atoms with Gasteiger partial charge in [-0.2, -0.15) is 0 Å². The molecule has 0 aromatic carbocycles. The second-order valence-electron chi connectivity index (χ2n) is 6.73. The van der Waals surface area contributed by atoms with Crippen molar-refractivity contribution in [3.63, 3.8) is 0 Å². The third-order valence-electron chi connectivity index (χ3n) is 5.03. The average molecular weight is 329 g/mol. The Labute approximate surface area is 138 Å². The quantitative estimate of drug-likeness (QED) is 0.834. The summed E-state index contributed by atoms with van der Waals surface area (Å²) in [5.74, 6) is 1.38. The Bertz CT molecular complexity index is 446. The van der Waals surface area contributed by atoms with E-state index >= 15 is 0 Å². The van der Waals surface area contributed by atoms with Gasteiger partial charge in [0.1, 0.15) is 0 Å². The molecule has 2 heterocycles. The van der Waals surface area contributed by atoms with Crippen molar-refractivity contribution in [2.45, 2.75) is 59.2 Å². The number of hydrogen-bond acceptors (Lipinski definition) is 3. The van der Waals surface area contributed by atoms with E-state index in [1.807, 2.05) is 6.07 Å². The van der Waals surface area contributed by atoms with Gasteiger partial charge in [-0.1, -0.05) is 45.7 Å². The minimum atomic E-state index is 0.448. The number of piperazine rings is 1. The van der Waals surface area contributed by atoms with Gasteiger partial charge in [0.25, 0.3) is 0 Å². The molecule has 1 N–H and O–H groups in total. The second kappa shape index (κ2) is 7.45. The molecule has 1 saturated heterocycles. The number of nitrogens with one attached hydrogen (secondary N) is 1. The van der Waals surface area contributed by atoms with Crippen molar-refractivity contribution in [2.24, 2.45) is 11.8 Å². The van der Waals surface area contributed by atoms with E-state index in [9.17, 15) is 0 Å². The maximum atomic E-state index is 6.13. The van der Waals surface area contributed by atoms with Gasteiger partial charge >= 0.3 is 0 Å². The molecule has 4 atom stereocenters. The smallest absolute Gasteiger partial charge is 0.0931 e. The summed E-state index contributed by atoms with van der Waals surface area (Å²) < 4.78 is 0.895. The van der Waals surface area contributed by atoms with Crippen LogP contribution in [0, 0.1) is 11.8 Å². The number of nitrogens with zero attached hydrogens (tertiary/aromatic N) is 1. The Kier molecular flexibility index (Phi) is 6.13. The summed E-state index contributed by atoms with van der Waals surface area (Å²) in [6.45, 7) is 13.9. The summed E-state index contributed by atoms with van der Waals surface area (Å²) in [6, 6.07) is 5.86. The van der Waals surface area contributed by atoms with Crippen LogP contribution in [0.1, 0.15) is 52.0 Å². The van der Waals surface area contributed by atoms with E-state index in [0.29, 0.717) is 24.0 Å². The number of halogens is 1. The van der Waals surface area contributed by atoms with Gasteiger partial charge in [-0.05, 0) is 30.9 Å². The van der Waals surface area contributed by atoms with Crippen molar-refractivity contribution < 1.29 is 0 Å². The molecule has 1 aromatic rings. The van der Waals surface area contributed by atoms with Crippen LogP contribution in [-0.2, 0) is 0 Å². The van der Waals surface area contributed by atoms with Crippen molar-refractivity contribution in [1.82, 2.24) is 10.2 Å². The third-order valence-corrected chi connectivity index (χ3v) is 6.43. The van der Waals surface area contributed by atoms with Crippen LogP contribution in [0.4, 0.5) is 0 Å². The van der Waals surface area contributed by atoms with Gasteiger partial charge in [0, 0.05) is 36.1 Å². The van der Waals surface area contributed by atoms with E-state index in [1.165, 1.54) is 11.3 Å². The lowest BCUT2D eigenvalue weighted by Gasteiger charge is -2.46. The third kappa shape index (κ3) is 4.01. The van der Waals surface area contributed by atoms with Gasteiger partial charge in [0.15, 0.2) is 0 Å². The van der Waals surface area contributed by atoms with E-state index in [-0.39, 0.29) is 0 Å². The lowest BCUT2D eigenvalue weighted by Crippen LogP contribution is -2.60. The van der Waals surface area contributed by atoms with Gasteiger partial charge < -0.3 is 5.32 Å². The molecule has 2 nitrogen and oxygen atoms in total. The second-order valence-corrected chi connectivity index (χ2v) is 8.47. The summed E-state index contributed by atoms with van der Waals surface area (Å²) in [5.41, 5.74) is 0. The Morgan fingerprint density at radius 2 is 2.05 bits per heavy atom.